The van der Waals surface area contributed by atoms with Crippen LogP contribution in [0.3, 0.4) is 0 Å². The molecule has 3 aromatic rings. The Morgan fingerprint density at radius 2 is 1.89 bits per heavy atom. The van der Waals surface area contributed by atoms with Crippen molar-refractivity contribution in [2.24, 2.45) is 0 Å². The van der Waals surface area contributed by atoms with Gasteiger partial charge in [-0.05, 0) is 65.9 Å². The van der Waals surface area contributed by atoms with Crippen LogP contribution >= 0.6 is 11.3 Å². The molecule has 0 spiro atoms. The maximum absolute atomic E-state index is 5.34. The molecule has 0 amide bonds. The smallest absolute Gasteiger partial charge is 0.132 e. The van der Waals surface area contributed by atoms with Crippen LogP contribution in [0.4, 0.5) is 0 Å². The van der Waals surface area contributed by atoms with Gasteiger partial charge in [-0.25, -0.2) is 9.97 Å². The van der Waals surface area contributed by atoms with Crippen molar-refractivity contribution in [3.8, 4) is 17.0 Å². The van der Waals surface area contributed by atoms with E-state index < -0.39 is 0 Å². The quantitative estimate of drug-likeness (QED) is 0.632. The molecule has 1 saturated carbocycles. The number of fused-ring (bicyclic) bond motifs is 1. The van der Waals surface area contributed by atoms with E-state index in [1.54, 1.807) is 18.4 Å². The van der Waals surface area contributed by atoms with E-state index in [1.807, 2.05) is 12.1 Å². The maximum atomic E-state index is 5.34. The van der Waals surface area contributed by atoms with Crippen LogP contribution in [0.2, 0.25) is 0 Å². The molecular weight excluding hydrogens is 366 g/mol. The molecular formula is C23H25N3OS. The highest BCUT2D eigenvalue weighted by atomic mass is 32.1. The van der Waals surface area contributed by atoms with Gasteiger partial charge in [0.15, 0.2) is 0 Å². The molecule has 0 unspecified atom stereocenters. The Morgan fingerprint density at radius 3 is 2.61 bits per heavy atom. The molecule has 4 nitrogen and oxygen atoms in total. The SMILES string of the molecule is COc1ccc(-c2nc(C3CC3)nc3c2CCN(Cc2ccsc2)CC3)cc1. The molecule has 2 aliphatic rings. The van der Waals surface area contributed by atoms with E-state index >= 15 is 0 Å². The summed E-state index contributed by atoms with van der Waals surface area (Å²) < 4.78 is 5.34. The molecule has 3 heterocycles. The van der Waals surface area contributed by atoms with Gasteiger partial charge in [0.05, 0.1) is 12.8 Å². The Balaban J connectivity index is 1.47. The summed E-state index contributed by atoms with van der Waals surface area (Å²) in [5.41, 5.74) is 6.31. The largest absolute Gasteiger partial charge is 0.497 e. The van der Waals surface area contributed by atoms with Crippen LogP contribution in [0, 0.1) is 0 Å². The molecule has 0 N–H and O–H groups in total. The number of aromatic nitrogens is 2. The normalized spacial score (nSPS) is 17.2. The average molecular weight is 392 g/mol. The van der Waals surface area contributed by atoms with E-state index in [2.05, 4.69) is 33.9 Å². The summed E-state index contributed by atoms with van der Waals surface area (Å²) in [5, 5.41) is 4.42. The van der Waals surface area contributed by atoms with E-state index in [4.69, 9.17) is 14.7 Å². The van der Waals surface area contributed by atoms with Crippen molar-refractivity contribution in [1.82, 2.24) is 14.9 Å². The zero-order valence-electron chi connectivity index (χ0n) is 16.2. The van der Waals surface area contributed by atoms with Crippen molar-refractivity contribution < 1.29 is 4.74 Å². The lowest BCUT2D eigenvalue weighted by atomic mass is 10.0. The Morgan fingerprint density at radius 1 is 1.07 bits per heavy atom. The van der Waals surface area contributed by atoms with Crippen molar-refractivity contribution in [1.29, 1.82) is 0 Å². The van der Waals surface area contributed by atoms with E-state index in [1.165, 1.54) is 35.2 Å². The Hall–Kier alpha value is -2.24. The molecule has 0 bridgehead atoms. The third-order valence-electron chi connectivity index (χ3n) is 5.75. The predicted octanol–water partition coefficient (Wildman–Crippen LogP) is 4.69. The third-order valence-corrected chi connectivity index (χ3v) is 6.48. The lowest BCUT2D eigenvalue weighted by Crippen LogP contribution is -2.25. The van der Waals surface area contributed by atoms with E-state index in [9.17, 15) is 0 Å². The van der Waals surface area contributed by atoms with Gasteiger partial charge in [-0.1, -0.05) is 0 Å². The third kappa shape index (κ3) is 3.69. The lowest BCUT2D eigenvalue weighted by molar-refractivity contribution is 0.279. The van der Waals surface area contributed by atoms with Crippen LogP contribution in [0.1, 0.15) is 41.4 Å². The standard InChI is InChI=1S/C23H25N3OS/c1-27-19-6-4-17(5-7-19)22-20-8-11-26(14-16-10-13-28-15-16)12-9-21(20)24-23(25-22)18-2-3-18/h4-7,10,13,15,18H,2-3,8-9,11-12,14H2,1H3. The fourth-order valence-electron chi connectivity index (χ4n) is 3.98. The number of thiophene rings is 1. The Kier molecular flexibility index (Phi) is 4.87. The van der Waals surface area contributed by atoms with Crippen LogP contribution in [-0.4, -0.2) is 35.1 Å². The van der Waals surface area contributed by atoms with Crippen molar-refractivity contribution >= 4 is 11.3 Å². The predicted molar refractivity (Wildman–Crippen MR) is 113 cm³/mol. The number of hydrogen-bond acceptors (Lipinski definition) is 5. The van der Waals surface area contributed by atoms with Crippen molar-refractivity contribution in [2.75, 3.05) is 20.2 Å². The minimum Gasteiger partial charge on any atom is -0.497 e. The van der Waals surface area contributed by atoms with Crippen LogP contribution in [0.15, 0.2) is 41.1 Å². The van der Waals surface area contributed by atoms with Gasteiger partial charge in [-0.2, -0.15) is 11.3 Å². The van der Waals surface area contributed by atoms with Gasteiger partial charge in [0.25, 0.3) is 0 Å². The summed E-state index contributed by atoms with van der Waals surface area (Å²) in [4.78, 5) is 12.6. The highest BCUT2D eigenvalue weighted by Gasteiger charge is 2.29. The average Bonchev–Trinajstić information content (AvgIpc) is 3.50. The second-order valence-electron chi connectivity index (χ2n) is 7.77. The summed E-state index contributed by atoms with van der Waals surface area (Å²) in [6, 6.07) is 10.6. The maximum Gasteiger partial charge on any atom is 0.132 e. The molecule has 144 valence electrons. The van der Waals surface area contributed by atoms with Crippen LogP contribution < -0.4 is 4.74 Å². The van der Waals surface area contributed by atoms with Gasteiger partial charge in [-0.3, -0.25) is 4.90 Å². The monoisotopic (exact) mass is 391 g/mol. The van der Waals surface area contributed by atoms with E-state index in [0.717, 1.165) is 49.7 Å². The zero-order valence-corrected chi connectivity index (χ0v) is 17.0. The Bertz CT molecular complexity index is 949. The minimum absolute atomic E-state index is 0.562. The first-order chi connectivity index (χ1) is 13.8. The van der Waals surface area contributed by atoms with Gasteiger partial charge < -0.3 is 4.74 Å². The molecule has 0 atom stereocenters. The molecule has 1 fully saturated rings. The molecule has 1 aliphatic heterocycles. The van der Waals surface area contributed by atoms with Crippen molar-refractivity contribution in [3.05, 3.63) is 63.7 Å². The van der Waals surface area contributed by atoms with Crippen LogP contribution in [0.5, 0.6) is 5.75 Å². The molecule has 28 heavy (non-hydrogen) atoms. The van der Waals surface area contributed by atoms with Gasteiger partial charge in [0.1, 0.15) is 11.6 Å². The summed E-state index contributed by atoms with van der Waals surface area (Å²) in [7, 11) is 1.71. The molecule has 5 heteroatoms. The van der Waals surface area contributed by atoms with Gasteiger partial charge in [-0.15, -0.1) is 0 Å². The number of rotatable bonds is 5. The van der Waals surface area contributed by atoms with Gasteiger partial charge in [0.2, 0.25) is 0 Å². The van der Waals surface area contributed by atoms with E-state index in [-0.39, 0.29) is 0 Å². The fourth-order valence-corrected chi connectivity index (χ4v) is 4.64. The number of benzene rings is 1. The molecule has 0 saturated heterocycles. The van der Waals surface area contributed by atoms with Gasteiger partial charge >= 0.3 is 0 Å². The fraction of sp³-hybridized carbons (Fsp3) is 0.391. The molecule has 1 aromatic carbocycles. The second kappa shape index (κ2) is 7.64. The second-order valence-corrected chi connectivity index (χ2v) is 8.55. The number of methoxy groups -OCH3 is 1. The minimum atomic E-state index is 0.562. The topological polar surface area (TPSA) is 38.3 Å². The highest BCUT2D eigenvalue weighted by Crippen LogP contribution is 2.40. The summed E-state index contributed by atoms with van der Waals surface area (Å²) in [6.07, 6.45) is 4.47. The van der Waals surface area contributed by atoms with E-state index in [0.29, 0.717) is 5.92 Å². The highest BCUT2D eigenvalue weighted by molar-refractivity contribution is 7.07. The first-order valence-corrected chi connectivity index (χ1v) is 11.0. The number of hydrogen-bond donors (Lipinski definition) is 0. The van der Waals surface area contributed by atoms with Gasteiger partial charge in [0, 0.05) is 48.8 Å². The molecule has 1 aliphatic carbocycles. The summed E-state index contributed by atoms with van der Waals surface area (Å²) >= 11 is 1.78. The number of ether oxygens (including phenoxy) is 1. The summed E-state index contributed by atoms with van der Waals surface area (Å²) in [5.74, 6) is 2.50. The zero-order chi connectivity index (χ0) is 18.9. The van der Waals surface area contributed by atoms with Crippen molar-refractivity contribution in [2.45, 2.75) is 38.1 Å². The summed E-state index contributed by atoms with van der Waals surface area (Å²) in [6.45, 7) is 3.14. The lowest BCUT2D eigenvalue weighted by Gasteiger charge is -2.18. The number of nitrogens with zero attached hydrogens (tertiary/aromatic N) is 3. The van der Waals surface area contributed by atoms with Crippen LogP contribution in [-0.2, 0) is 19.4 Å². The molecule has 2 aromatic heterocycles. The molecule has 0 radical (unpaired) electrons. The Labute approximate surface area is 170 Å². The van der Waals surface area contributed by atoms with Crippen molar-refractivity contribution in [3.63, 3.8) is 0 Å². The molecule has 5 rings (SSSR count). The van der Waals surface area contributed by atoms with Crippen LogP contribution in [0.25, 0.3) is 11.3 Å². The first-order valence-electron chi connectivity index (χ1n) is 10.1. The first kappa shape index (κ1) is 17.8.